The number of hydrazone groups is 1. The molecule has 26 heavy (non-hydrogen) atoms. The highest BCUT2D eigenvalue weighted by atomic mass is 35.5. The Morgan fingerprint density at radius 1 is 1.27 bits per heavy atom. The van der Waals surface area contributed by atoms with Crippen LogP contribution in [0.4, 0.5) is 5.69 Å². The zero-order chi connectivity index (χ0) is 19.1. The van der Waals surface area contributed by atoms with Crippen LogP contribution in [-0.4, -0.2) is 34.6 Å². The van der Waals surface area contributed by atoms with Crippen LogP contribution in [0.1, 0.15) is 15.9 Å². The molecular weight excluding hydrogens is 364 g/mol. The molecule has 0 saturated carbocycles. The number of nitrogens with one attached hydrogen (secondary N) is 2. The smallest absolute Gasteiger partial charge is 0.270 e. The predicted octanol–water partition coefficient (Wildman–Crippen LogP) is 1.83. The Balaban J connectivity index is 1.90. The molecule has 10 heteroatoms. The van der Waals surface area contributed by atoms with Crippen molar-refractivity contribution in [3.63, 3.8) is 0 Å². The molecule has 0 aliphatic rings. The van der Waals surface area contributed by atoms with E-state index >= 15 is 0 Å². The lowest BCUT2D eigenvalue weighted by atomic mass is 10.2. The minimum Gasteiger partial charge on any atom is -0.507 e. The van der Waals surface area contributed by atoms with E-state index in [0.29, 0.717) is 0 Å². The molecule has 3 N–H and O–H groups in total. The fourth-order valence-electron chi connectivity index (χ4n) is 1.87. The van der Waals surface area contributed by atoms with Gasteiger partial charge in [0, 0.05) is 17.7 Å². The van der Waals surface area contributed by atoms with Gasteiger partial charge in [-0.2, -0.15) is 5.10 Å². The van der Waals surface area contributed by atoms with E-state index in [1.54, 1.807) is 18.2 Å². The second-order valence-corrected chi connectivity index (χ2v) is 5.36. The minimum atomic E-state index is -0.633. The zero-order valence-electron chi connectivity index (χ0n) is 13.2. The van der Waals surface area contributed by atoms with Crippen molar-refractivity contribution in [2.45, 2.75) is 0 Å². The SMILES string of the molecule is O=C(CNC(=O)c1ccccc1Cl)NN=Cc1cc([N+](=O)[O-])ccc1O. The summed E-state index contributed by atoms with van der Waals surface area (Å²) < 4.78 is 0. The highest BCUT2D eigenvalue weighted by Gasteiger charge is 2.11. The van der Waals surface area contributed by atoms with Gasteiger partial charge in [-0.3, -0.25) is 19.7 Å². The Bertz CT molecular complexity index is 885. The van der Waals surface area contributed by atoms with Gasteiger partial charge in [0.2, 0.25) is 0 Å². The van der Waals surface area contributed by atoms with Crippen molar-refractivity contribution in [2.75, 3.05) is 6.54 Å². The van der Waals surface area contributed by atoms with Crippen LogP contribution in [0, 0.1) is 10.1 Å². The summed E-state index contributed by atoms with van der Waals surface area (Å²) in [6.45, 7) is -0.359. The number of phenolic OH excluding ortho intramolecular Hbond substituents is 1. The average molecular weight is 377 g/mol. The molecule has 0 atom stereocenters. The summed E-state index contributed by atoms with van der Waals surface area (Å²) in [4.78, 5) is 33.6. The first-order chi connectivity index (χ1) is 12.4. The number of aromatic hydroxyl groups is 1. The monoisotopic (exact) mass is 376 g/mol. The topological polar surface area (TPSA) is 134 Å². The third-order valence-corrected chi connectivity index (χ3v) is 3.47. The maximum Gasteiger partial charge on any atom is 0.270 e. The van der Waals surface area contributed by atoms with E-state index < -0.39 is 16.7 Å². The normalized spacial score (nSPS) is 10.5. The molecular formula is C16H13ClN4O5. The molecule has 9 nitrogen and oxygen atoms in total. The largest absolute Gasteiger partial charge is 0.507 e. The number of halogens is 1. The molecule has 0 aromatic heterocycles. The number of hydrogen-bond acceptors (Lipinski definition) is 6. The van der Waals surface area contributed by atoms with Gasteiger partial charge in [-0.15, -0.1) is 0 Å². The number of rotatable bonds is 6. The van der Waals surface area contributed by atoms with Crippen LogP contribution in [-0.2, 0) is 4.79 Å². The van der Waals surface area contributed by atoms with E-state index in [9.17, 15) is 24.8 Å². The van der Waals surface area contributed by atoms with Gasteiger partial charge in [0.15, 0.2) is 0 Å². The van der Waals surface area contributed by atoms with Crippen molar-refractivity contribution in [3.8, 4) is 5.75 Å². The molecule has 2 rings (SSSR count). The van der Waals surface area contributed by atoms with Crippen LogP contribution in [0.15, 0.2) is 47.6 Å². The van der Waals surface area contributed by atoms with Gasteiger partial charge in [-0.1, -0.05) is 23.7 Å². The highest BCUT2D eigenvalue weighted by Crippen LogP contribution is 2.21. The summed E-state index contributed by atoms with van der Waals surface area (Å²) in [6, 6.07) is 9.75. The van der Waals surface area contributed by atoms with Crippen LogP contribution in [0.3, 0.4) is 0 Å². The van der Waals surface area contributed by atoms with Gasteiger partial charge in [0.1, 0.15) is 5.75 Å². The number of nitro benzene ring substituents is 1. The van der Waals surface area contributed by atoms with Gasteiger partial charge in [0.05, 0.1) is 28.3 Å². The average Bonchev–Trinajstić information content (AvgIpc) is 2.61. The van der Waals surface area contributed by atoms with E-state index in [-0.39, 0.29) is 34.1 Å². The second kappa shape index (κ2) is 8.58. The number of carbonyl (C=O) groups excluding carboxylic acids is 2. The van der Waals surface area contributed by atoms with Crippen molar-refractivity contribution in [1.82, 2.24) is 10.7 Å². The van der Waals surface area contributed by atoms with Crippen LogP contribution in [0.2, 0.25) is 5.02 Å². The zero-order valence-corrected chi connectivity index (χ0v) is 13.9. The van der Waals surface area contributed by atoms with Gasteiger partial charge in [0.25, 0.3) is 17.5 Å². The van der Waals surface area contributed by atoms with Gasteiger partial charge in [-0.05, 0) is 18.2 Å². The van der Waals surface area contributed by atoms with Gasteiger partial charge in [-0.25, -0.2) is 5.43 Å². The van der Waals surface area contributed by atoms with E-state index in [4.69, 9.17) is 11.6 Å². The summed E-state index contributed by atoms with van der Waals surface area (Å²) in [5.41, 5.74) is 2.18. The Hall–Kier alpha value is -3.46. The number of nitro groups is 1. The quantitative estimate of drug-likeness (QED) is 0.401. The number of carbonyl (C=O) groups is 2. The minimum absolute atomic E-state index is 0.0552. The number of nitrogens with zero attached hydrogens (tertiary/aromatic N) is 2. The molecule has 0 saturated heterocycles. The first kappa shape index (κ1) is 18.9. The Morgan fingerprint density at radius 3 is 2.69 bits per heavy atom. The highest BCUT2D eigenvalue weighted by molar-refractivity contribution is 6.33. The molecule has 0 spiro atoms. The lowest BCUT2D eigenvalue weighted by Gasteiger charge is -2.05. The van der Waals surface area contributed by atoms with Crippen molar-refractivity contribution in [2.24, 2.45) is 5.10 Å². The molecule has 0 heterocycles. The first-order valence-electron chi connectivity index (χ1n) is 7.20. The molecule has 2 aromatic carbocycles. The van der Waals surface area contributed by atoms with Crippen LogP contribution in [0.25, 0.3) is 0 Å². The summed E-state index contributed by atoms with van der Waals surface area (Å²) >= 11 is 5.88. The fraction of sp³-hybridized carbons (Fsp3) is 0.0625. The molecule has 0 unspecified atom stereocenters. The maximum atomic E-state index is 11.9. The number of non-ortho nitro benzene ring substituents is 1. The third-order valence-electron chi connectivity index (χ3n) is 3.14. The Kier molecular flexibility index (Phi) is 6.23. The second-order valence-electron chi connectivity index (χ2n) is 4.96. The molecule has 0 aliphatic heterocycles. The summed E-state index contributed by atoms with van der Waals surface area (Å²) in [7, 11) is 0. The molecule has 134 valence electrons. The summed E-state index contributed by atoms with van der Waals surface area (Å²) in [5, 5.41) is 26.5. The van der Waals surface area contributed by atoms with E-state index in [0.717, 1.165) is 24.4 Å². The van der Waals surface area contributed by atoms with Crippen LogP contribution >= 0.6 is 11.6 Å². The molecule has 2 amide bonds. The maximum absolute atomic E-state index is 11.9. The van der Waals surface area contributed by atoms with Crippen LogP contribution < -0.4 is 10.7 Å². The summed E-state index contributed by atoms with van der Waals surface area (Å²) in [6.07, 6.45) is 1.05. The van der Waals surface area contributed by atoms with Crippen LogP contribution in [0.5, 0.6) is 5.75 Å². The van der Waals surface area contributed by atoms with E-state index in [1.165, 1.54) is 6.07 Å². The molecule has 2 aromatic rings. The fourth-order valence-corrected chi connectivity index (χ4v) is 2.09. The van der Waals surface area contributed by atoms with Crippen molar-refractivity contribution in [3.05, 3.63) is 68.7 Å². The number of hydrogen-bond donors (Lipinski definition) is 3. The lowest BCUT2D eigenvalue weighted by molar-refractivity contribution is -0.384. The number of amides is 2. The summed E-state index contributed by atoms with van der Waals surface area (Å²) in [5.74, 6) is -1.39. The van der Waals surface area contributed by atoms with Crippen molar-refractivity contribution in [1.29, 1.82) is 0 Å². The third kappa shape index (κ3) is 5.02. The standard InChI is InChI=1S/C16H13ClN4O5/c17-13-4-2-1-3-12(13)16(24)18-9-15(23)20-19-8-10-7-11(21(25)26)5-6-14(10)22/h1-8,22H,9H2,(H,18,24)(H,20,23). The van der Waals surface area contributed by atoms with Crippen molar-refractivity contribution >= 4 is 35.3 Å². The Labute approximate surface area is 152 Å². The number of benzene rings is 2. The predicted molar refractivity (Wildman–Crippen MR) is 94.3 cm³/mol. The van der Waals surface area contributed by atoms with E-state index in [2.05, 4.69) is 15.8 Å². The lowest BCUT2D eigenvalue weighted by Crippen LogP contribution is -2.35. The van der Waals surface area contributed by atoms with E-state index in [1.807, 2.05) is 0 Å². The first-order valence-corrected chi connectivity index (χ1v) is 7.58. The molecule has 0 radical (unpaired) electrons. The van der Waals surface area contributed by atoms with Crippen molar-refractivity contribution < 1.29 is 19.6 Å². The molecule has 0 fully saturated rings. The molecule has 0 aliphatic carbocycles. The number of phenols is 1. The van der Waals surface area contributed by atoms with Gasteiger partial charge >= 0.3 is 0 Å². The molecule has 0 bridgehead atoms. The Morgan fingerprint density at radius 2 is 2.00 bits per heavy atom. The van der Waals surface area contributed by atoms with Gasteiger partial charge < -0.3 is 10.4 Å².